The lowest BCUT2D eigenvalue weighted by Crippen LogP contribution is -2.36. The molecule has 2 aromatic carbocycles. The molecule has 0 radical (unpaired) electrons. The summed E-state index contributed by atoms with van der Waals surface area (Å²) in [6, 6.07) is 19.4. The van der Waals surface area contributed by atoms with E-state index in [1.54, 1.807) is 0 Å². The fourth-order valence-corrected chi connectivity index (χ4v) is 4.70. The monoisotopic (exact) mass is 385 g/mol. The number of fused-ring (bicyclic) bond motifs is 1. The number of hydrogen-bond donors (Lipinski definition) is 0. The average Bonchev–Trinajstić information content (AvgIpc) is 3.39. The molecule has 148 valence electrons. The van der Waals surface area contributed by atoms with Gasteiger partial charge in [0.05, 0.1) is 18.3 Å². The molecule has 1 heterocycles. The molecule has 1 unspecified atom stereocenters. The Balaban J connectivity index is 1.42. The van der Waals surface area contributed by atoms with Gasteiger partial charge in [0.2, 0.25) is 0 Å². The van der Waals surface area contributed by atoms with Crippen LogP contribution in [-0.2, 0) is 13.0 Å². The fourth-order valence-electron chi connectivity index (χ4n) is 4.70. The zero-order valence-electron chi connectivity index (χ0n) is 17.1. The van der Waals surface area contributed by atoms with E-state index in [9.17, 15) is 4.79 Å². The number of rotatable bonds is 5. The minimum Gasteiger partial charge on any atom is -0.329 e. The van der Waals surface area contributed by atoms with Crippen LogP contribution >= 0.6 is 0 Å². The van der Waals surface area contributed by atoms with Gasteiger partial charge in [0.25, 0.3) is 5.91 Å². The molecule has 1 saturated carbocycles. The number of aryl methyl sites for hydroxylation is 3. The summed E-state index contributed by atoms with van der Waals surface area (Å²) in [5.74, 6) is 0.171. The predicted octanol–water partition coefficient (Wildman–Crippen LogP) is 4.84. The lowest BCUT2D eigenvalue weighted by Gasteiger charge is -2.30. The van der Waals surface area contributed by atoms with Crippen molar-refractivity contribution in [2.24, 2.45) is 0 Å². The van der Waals surface area contributed by atoms with Crippen LogP contribution in [0.25, 0.3) is 0 Å². The van der Waals surface area contributed by atoms with E-state index in [0.717, 1.165) is 48.2 Å². The normalized spacial score (nSPS) is 17.9. The van der Waals surface area contributed by atoms with E-state index in [1.807, 2.05) is 23.7 Å². The average molecular weight is 386 g/mol. The topological polar surface area (TPSA) is 38.1 Å². The molecule has 2 aliphatic carbocycles. The van der Waals surface area contributed by atoms with E-state index in [2.05, 4.69) is 59.4 Å². The molecular weight excluding hydrogens is 358 g/mol. The van der Waals surface area contributed by atoms with Crippen LogP contribution < -0.4 is 0 Å². The van der Waals surface area contributed by atoms with Gasteiger partial charge in [0.1, 0.15) is 0 Å². The van der Waals surface area contributed by atoms with Crippen molar-refractivity contribution in [3.05, 3.63) is 88.2 Å². The molecule has 0 bridgehead atoms. The molecule has 1 aromatic heterocycles. The van der Waals surface area contributed by atoms with Gasteiger partial charge in [-0.3, -0.25) is 9.48 Å². The molecular formula is C25H27N3O. The van der Waals surface area contributed by atoms with Crippen LogP contribution in [-0.4, -0.2) is 26.6 Å². The third-order valence-electron chi connectivity index (χ3n) is 6.22. The van der Waals surface area contributed by atoms with E-state index in [-0.39, 0.29) is 11.9 Å². The Morgan fingerprint density at radius 3 is 2.66 bits per heavy atom. The van der Waals surface area contributed by atoms with Crippen molar-refractivity contribution in [3.8, 4) is 0 Å². The van der Waals surface area contributed by atoms with Gasteiger partial charge in [0, 0.05) is 17.3 Å². The van der Waals surface area contributed by atoms with Gasteiger partial charge in [0.15, 0.2) is 0 Å². The van der Waals surface area contributed by atoms with Crippen LogP contribution in [0, 0.1) is 13.8 Å². The number of nitrogens with zero attached hydrogens (tertiary/aromatic N) is 3. The van der Waals surface area contributed by atoms with Crippen molar-refractivity contribution in [1.82, 2.24) is 14.7 Å². The number of benzene rings is 2. The standard InChI is InChI=1S/C25H27N3O/c1-17-14-18(2)27(26-17)16-19-6-5-8-21(15-19)25(29)28(22-11-12-22)24-13-10-20-7-3-4-9-23(20)24/h3-9,14-15,22,24H,10-13,16H2,1-2H3. The molecule has 29 heavy (non-hydrogen) atoms. The summed E-state index contributed by atoms with van der Waals surface area (Å²) in [6.45, 7) is 4.77. The molecule has 0 spiro atoms. The predicted molar refractivity (Wildman–Crippen MR) is 114 cm³/mol. The quantitative estimate of drug-likeness (QED) is 0.630. The van der Waals surface area contributed by atoms with Crippen LogP contribution in [0.4, 0.5) is 0 Å². The Labute approximate surface area is 172 Å². The summed E-state index contributed by atoms with van der Waals surface area (Å²) < 4.78 is 2.00. The van der Waals surface area contributed by atoms with Crippen molar-refractivity contribution >= 4 is 5.91 Å². The van der Waals surface area contributed by atoms with Crippen LogP contribution in [0.1, 0.15) is 63.7 Å². The highest BCUT2D eigenvalue weighted by atomic mass is 16.2. The zero-order valence-corrected chi connectivity index (χ0v) is 17.1. The maximum absolute atomic E-state index is 13.6. The third kappa shape index (κ3) is 3.48. The number of amides is 1. The summed E-state index contributed by atoms with van der Waals surface area (Å²) in [5.41, 5.74) is 6.81. The van der Waals surface area contributed by atoms with Crippen molar-refractivity contribution < 1.29 is 4.79 Å². The Morgan fingerprint density at radius 2 is 1.90 bits per heavy atom. The molecule has 0 aliphatic heterocycles. The van der Waals surface area contributed by atoms with Gasteiger partial charge in [-0.15, -0.1) is 0 Å². The first-order valence-corrected chi connectivity index (χ1v) is 10.6. The van der Waals surface area contributed by atoms with E-state index in [4.69, 9.17) is 0 Å². The fraction of sp³-hybridized carbons (Fsp3) is 0.360. The SMILES string of the molecule is Cc1cc(C)n(Cc2cccc(C(=O)N(C3CC3)C3CCc4ccccc43)c2)n1. The second kappa shape index (κ2) is 7.18. The van der Waals surface area contributed by atoms with Gasteiger partial charge >= 0.3 is 0 Å². The maximum atomic E-state index is 13.6. The third-order valence-corrected chi connectivity index (χ3v) is 6.22. The van der Waals surface area contributed by atoms with Gasteiger partial charge in [-0.25, -0.2) is 0 Å². The molecule has 1 fully saturated rings. The summed E-state index contributed by atoms with van der Waals surface area (Å²) in [6.07, 6.45) is 4.34. The first-order valence-electron chi connectivity index (χ1n) is 10.6. The Kier molecular flexibility index (Phi) is 4.50. The second-order valence-electron chi connectivity index (χ2n) is 8.48. The first kappa shape index (κ1) is 18.2. The molecule has 0 N–H and O–H groups in total. The molecule has 3 aromatic rings. The zero-order chi connectivity index (χ0) is 20.0. The molecule has 5 rings (SSSR count). The highest BCUT2D eigenvalue weighted by Gasteiger charge is 2.40. The second-order valence-corrected chi connectivity index (χ2v) is 8.48. The Hall–Kier alpha value is -2.88. The van der Waals surface area contributed by atoms with E-state index in [0.29, 0.717) is 12.6 Å². The molecule has 1 amide bonds. The van der Waals surface area contributed by atoms with Gasteiger partial charge in [-0.2, -0.15) is 5.10 Å². The summed E-state index contributed by atoms with van der Waals surface area (Å²) >= 11 is 0. The summed E-state index contributed by atoms with van der Waals surface area (Å²) in [7, 11) is 0. The highest BCUT2D eigenvalue weighted by Crippen LogP contribution is 2.42. The number of hydrogen-bond acceptors (Lipinski definition) is 2. The first-order chi connectivity index (χ1) is 14.1. The molecule has 1 atom stereocenters. The molecule has 4 nitrogen and oxygen atoms in total. The molecule has 2 aliphatic rings. The van der Waals surface area contributed by atoms with Crippen molar-refractivity contribution in [2.75, 3.05) is 0 Å². The largest absolute Gasteiger partial charge is 0.329 e. The summed E-state index contributed by atoms with van der Waals surface area (Å²) in [5, 5.41) is 4.56. The molecule has 0 saturated heterocycles. The van der Waals surface area contributed by atoms with Gasteiger partial charge in [-0.05, 0) is 74.4 Å². The lowest BCUT2D eigenvalue weighted by atomic mass is 10.0. The van der Waals surface area contributed by atoms with Gasteiger partial charge < -0.3 is 4.90 Å². The smallest absolute Gasteiger partial charge is 0.254 e. The Bertz CT molecular complexity index is 1060. The number of carbonyl (C=O) groups is 1. The van der Waals surface area contributed by atoms with E-state index < -0.39 is 0 Å². The number of carbonyl (C=O) groups excluding carboxylic acids is 1. The van der Waals surface area contributed by atoms with Crippen molar-refractivity contribution in [1.29, 1.82) is 0 Å². The minimum absolute atomic E-state index is 0.171. The maximum Gasteiger partial charge on any atom is 0.254 e. The highest BCUT2D eigenvalue weighted by molar-refractivity contribution is 5.95. The van der Waals surface area contributed by atoms with Crippen molar-refractivity contribution in [2.45, 2.75) is 58.2 Å². The van der Waals surface area contributed by atoms with Crippen molar-refractivity contribution in [3.63, 3.8) is 0 Å². The van der Waals surface area contributed by atoms with Gasteiger partial charge in [-0.1, -0.05) is 36.4 Å². The van der Waals surface area contributed by atoms with Crippen LogP contribution in [0.2, 0.25) is 0 Å². The van der Waals surface area contributed by atoms with E-state index in [1.165, 1.54) is 11.1 Å². The molecule has 4 heteroatoms. The minimum atomic E-state index is 0.171. The van der Waals surface area contributed by atoms with Crippen LogP contribution in [0.3, 0.4) is 0 Å². The van der Waals surface area contributed by atoms with E-state index >= 15 is 0 Å². The Morgan fingerprint density at radius 1 is 1.07 bits per heavy atom. The van der Waals surface area contributed by atoms with Crippen LogP contribution in [0.5, 0.6) is 0 Å². The number of aromatic nitrogens is 2. The lowest BCUT2D eigenvalue weighted by molar-refractivity contribution is 0.0658. The summed E-state index contributed by atoms with van der Waals surface area (Å²) in [4.78, 5) is 15.8. The van der Waals surface area contributed by atoms with Crippen LogP contribution in [0.15, 0.2) is 54.6 Å².